The summed E-state index contributed by atoms with van der Waals surface area (Å²) in [7, 11) is 0. The zero-order chi connectivity index (χ0) is 14.4. The predicted molar refractivity (Wildman–Crippen MR) is 78.6 cm³/mol. The van der Waals surface area contributed by atoms with Gasteiger partial charge in [0.25, 0.3) is 0 Å². The van der Waals surface area contributed by atoms with Crippen molar-refractivity contribution in [1.82, 2.24) is 4.90 Å². The third kappa shape index (κ3) is 5.19. The first-order valence-electron chi connectivity index (χ1n) is 6.35. The first-order chi connectivity index (χ1) is 8.93. The Hall–Kier alpha value is -1.10. The molecule has 0 saturated heterocycles. The zero-order valence-corrected chi connectivity index (χ0v) is 12.4. The summed E-state index contributed by atoms with van der Waals surface area (Å²) in [6.45, 7) is 6.68. The lowest BCUT2D eigenvalue weighted by Gasteiger charge is -2.24. The van der Waals surface area contributed by atoms with Gasteiger partial charge in [0.2, 0.25) is 5.91 Å². The van der Waals surface area contributed by atoms with Crippen molar-refractivity contribution in [1.29, 1.82) is 0 Å². The fraction of sp³-hybridized carbons (Fsp3) is 0.500. The smallest absolute Gasteiger partial charge is 0.238 e. The lowest BCUT2D eigenvalue weighted by molar-refractivity contribution is -0.117. The second kappa shape index (κ2) is 7.48. The minimum absolute atomic E-state index is 0.0435. The standard InChI is InChI=1S/C14H21ClN2O2/c1-10(2)17(6-7-18)9-14(19)16-12-5-4-11(3)13(15)8-12/h4-5,8,10,18H,6-7,9H2,1-3H3,(H,16,19). The molecule has 1 aromatic carbocycles. The van der Waals surface area contributed by atoms with E-state index in [1.807, 2.05) is 37.8 Å². The van der Waals surface area contributed by atoms with Gasteiger partial charge in [0.15, 0.2) is 0 Å². The number of carbonyl (C=O) groups excluding carboxylic acids is 1. The van der Waals surface area contributed by atoms with Crippen molar-refractivity contribution in [3.63, 3.8) is 0 Å². The summed E-state index contributed by atoms with van der Waals surface area (Å²) in [6, 6.07) is 5.64. The summed E-state index contributed by atoms with van der Waals surface area (Å²) >= 11 is 6.01. The van der Waals surface area contributed by atoms with Crippen molar-refractivity contribution in [3.8, 4) is 0 Å². The third-order valence-corrected chi connectivity index (χ3v) is 3.33. The summed E-state index contributed by atoms with van der Waals surface area (Å²) in [5, 5.41) is 12.4. The Kier molecular flexibility index (Phi) is 6.28. The summed E-state index contributed by atoms with van der Waals surface area (Å²) in [5.74, 6) is -0.109. The minimum Gasteiger partial charge on any atom is -0.395 e. The molecular formula is C14H21ClN2O2. The van der Waals surface area contributed by atoms with Crippen LogP contribution in [0.4, 0.5) is 5.69 Å². The zero-order valence-electron chi connectivity index (χ0n) is 11.6. The van der Waals surface area contributed by atoms with Gasteiger partial charge in [-0.2, -0.15) is 0 Å². The molecule has 0 heterocycles. The van der Waals surface area contributed by atoms with E-state index < -0.39 is 0 Å². The molecule has 19 heavy (non-hydrogen) atoms. The average molecular weight is 285 g/mol. The van der Waals surface area contributed by atoms with Gasteiger partial charge < -0.3 is 10.4 Å². The number of carbonyl (C=O) groups is 1. The van der Waals surface area contributed by atoms with Crippen molar-refractivity contribution >= 4 is 23.2 Å². The van der Waals surface area contributed by atoms with Crippen molar-refractivity contribution in [2.75, 3.05) is 25.0 Å². The Balaban J connectivity index is 2.61. The quantitative estimate of drug-likeness (QED) is 0.843. The van der Waals surface area contributed by atoms with E-state index in [4.69, 9.17) is 16.7 Å². The number of aliphatic hydroxyl groups excluding tert-OH is 1. The molecule has 1 rings (SSSR count). The number of amides is 1. The molecule has 4 nitrogen and oxygen atoms in total. The average Bonchev–Trinajstić information content (AvgIpc) is 2.33. The summed E-state index contributed by atoms with van der Waals surface area (Å²) < 4.78 is 0. The van der Waals surface area contributed by atoms with Crippen LogP contribution in [0.2, 0.25) is 5.02 Å². The number of aryl methyl sites for hydroxylation is 1. The Bertz CT molecular complexity index is 435. The highest BCUT2D eigenvalue weighted by atomic mass is 35.5. The Morgan fingerprint density at radius 3 is 2.68 bits per heavy atom. The largest absolute Gasteiger partial charge is 0.395 e. The van der Waals surface area contributed by atoms with Crippen LogP contribution < -0.4 is 5.32 Å². The third-order valence-electron chi connectivity index (χ3n) is 2.92. The molecule has 0 aliphatic rings. The van der Waals surface area contributed by atoms with Gasteiger partial charge >= 0.3 is 0 Å². The first-order valence-corrected chi connectivity index (χ1v) is 6.72. The number of nitrogens with one attached hydrogen (secondary N) is 1. The Morgan fingerprint density at radius 1 is 1.47 bits per heavy atom. The summed E-state index contributed by atoms with van der Waals surface area (Å²) in [6.07, 6.45) is 0. The van der Waals surface area contributed by atoms with E-state index in [0.717, 1.165) is 5.56 Å². The van der Waals surface area contributed by atoms with Gasteiger partial charge in [-0.25, -0.2) is 0 Å². The maximum atomic E-state index is 11.9. The SMILES string of the molecule is Cc1ccc(NC(=O)CN(CCO)C(C)C)cc1Cl. The molecule has 0 unspecified atom stereocenters. The number of hydrogen-bond donors (Lipinski definition) is 2. The molecule has 5 heteroatoms. The fourth-order valence-electron chi connectivity index (χ4n) is 1.70. The lowest BCUT2D eigenvalue weighted by atomic mass is 10.2. The number of halogens is 1. The van der Waals surface area contributed by atoms with Gasteiger partial charge in [-0.3, -0.25) is 9.69 Å². The van der Waals surface area contributed by atoms with Crippen molar-refractivity contribution in [2.24, 2.45) is 0 Å². The maximum absolute atomic E-state index is 11.9. The van der Waals surface area contributed by atoms with Gasteiger partial charge in [0, 0.05) is 23.3 Å². The van der Waals surface area contributed by atoms with Crippen LogP contribution in [0.1, 0.15) is 19.4 Å². The number of benzene rings is 1. The number of rotatable bonds is 6. The van der Waals surface area contributed by atoms with Crippen LogP contribution in [0, 0.1) is 6.92 Å². The number of anilines is 1. The molecule has 106 valence electrons. The van der Waals surface area contributed by atoms with Gasteiger partial charge in [-0.15, -0.1) is 0 Å². The van der Waals surface area contributed by atoms with Gasteiger partial charge in [-0.1, -0.05) is 17.7 Å². The highest BCUT2D eigenvalue weighted by molar-refractivity contribution is 6.31. The molecule has 0 fully saturated rings. The molecule has 0 atom stereocenters. The monoisotopic (exact) mass is 284 g/mol. The summed E-state index contributed by atoms with van der Waals surface area (Å²) in [4.78, 5) is 13.8. The lowest BCUT2D eigenvalue weighted by Crippen LogP contribution is -2.39. The number of aliphatic hydroxyl groups is 1. The highest BCUT2D eigenvalue weighted by Crippen LogP contribution is 2.19. The molecule has 0 aliphatic heterocycles. The molecule has 2 N–H and O–H groups in total. The van der Waals surface area contributed by atoms with E-state index in [2.05, 4.69) is 5.32 Å². The van der Waals surface area contributed by atoms with Crippen LogP contribution in [-0.2, 0) is 4.79 Å². The first kappa shape index (κ1) is 16.0. The molecule has 0 aliphatic carbocycles. The van der Waals surface area contributed by atoms with Crippen LogP contribution >= 0.6 is 11.6 Å². The molecule has 1 aromatic rings. The van der Waals surface area contributed by atoms with Crippen LogP contribution in [-0.4, -0.2) is 41.7 Å². The molecule has 1 amide bonds. The molecular weight excluding hydrogens is 264 g/mol. The molecule has 0 saturated carbocycles. The second-order valence-electron chi connectivity index (χ2n) is 4.80. The van der Waals surface area contributed by atoms with Gasteiger partial charge in [0.1, 0.15) is 0 Å². The van der Waals surface area contributed by atoms with Crippen molar-refractivity contribution in [3.05, 3.63) is 28.8 Å². The second-order valence-corrected chi connectivity index (χ2v) is 5.21. The van der Waals surface area contributed by atoms with Gasteiger partial charge in [0.05, 0.1) is 13.2 Å². The maximum Gasteiger partial charge on any atom is 0.238 e. The van der Waals surface area contributed by atoms with E-state index in [1.54, 1.807) is 6.07 Å². The predicted octanol–water partition coefficient (Wildman–Crippen LogP) is 2.29. The topological polar surface area (TPSA) is 52.6 Å². The Labute approximate surface area is 119 Å². The molecule has 0 aromatic heterocycles. The molecule has 0 spiro atoms. The fourth-order valence-corrected chi connectivity index (χ4v) is 1.88. The minimum atomic E-state index is -0.109. The van der Waals surface area contributed by atoms with Crippen LogP contribution in [0.25, 0.3) is 0 Å². The van der Waals surface area contributed by atoms with E-state index in [9.17, 15) is 4.79 Å². The normalized spacial score (nSPS) is 11.1. The molecule has 0 bridgehead atoms. The van der Waals surface area contributed by atoms with E-state index in [1.165, 1.54) is 0 Å². The van der Waals surface area contributed by atoms with E-state index >= 15 is 0 Å². The summed E-state index contributed by atoms with van der Waals surface area (Å²) in [5.41, 5.74) is 1.66. The number of nitrogens with zero attached hydrogens (tertiary/aromatic N) is 1. The van der Waals surface area contributed by atoms with Crippen LogP contribution in [0.5, 0.6) is 0 Å². The van der Waals surface area contributed by atoms with Gasteiger partial charge in [-0.05, 0) is 38.5 Å². The highest BCUT2D eigenvalue weighted by Gasteiger charge is 2.13. The van der Waals surface area contributed by atoms with E-state index in [0.29, 0.717) is 17.3 Å². The van der Waals surface area contributed by atoms with Crippen molar-refractivity contribution in [2.45, 2.75) is 26.8 Å². The van der Waals surface area contributed by atoms with Crippen LogP contribution in [0.3, 0.4) is 0 Å². The Morgan fingerprint density at radius 2 is 2.16 bits per heavy atom. The van der Waals surface area contributed by atoms with Crippen LogP contribution in [0.15, 0.2) is 18.2 Å². The van der Waals surface area contributed by atoms with Crippen molar-refractivity contribution < 1.29 is 9.90 Å². The number of hydrogen-bond acceptors (Lipinski definition) is 3. The van der Waals surface area contributed by atoms with E-state index in [-0.39, 0.29) is 25.1 Å². The molecule has 0 radical (unpaired) electrons.